The number of halogens is 2. The van der Waals surface area contributed by atoms with Gasteiger partial charge in [0.15, 0.2) is 11.6 Å². The van der Waals surface area contributed by atoms with Gasteiger partial charge in [-0.3, -0.25) is 9.59 Å². The lowest BCUT2D eigenvalue weighted by Crippen LogP contribution is -2.55. The van der Waals surface area contributed by atoms with Gasteiger partial charge in [0.1, 0.15) is 11.3 Å². The Morgan fingerprint density at radius 1 is 1.22 bits per heavy atom. The molecule has 1 unspecified atom stereocenters. The van der Waals surface area contributed by atoms with Crippen molar-refractivity contribution in [3.63, 3.8) is 0 Å². The number of hydrogen-bond donors (Lipinski definition) is 1. The smallest absolute Gasteiger partial charge is 0.260 e. The minimum atomic E-state index is -1.21. The van der Waals surface area contributed by atoms with E-state index in [1.54, 1.807) is 4.90 Å². The first kappa shape index (κ1) is 19.5. The standard InChI is InChI=1S/C19H24F2N2O4/c1-12(24)23-10-13(25)9-19(11-23)5-7-22(8-6-19)18(26)16-15(27-2)4-3-14(20)17(16)21/h3-4,13,25H,5-11H2,1-2H3. The van der Waals surface area contributed by atoms with E-state index >= 15 is 0 Å². The van der Waals surface area contributed by atoms with Gasteiger partial charge in [-0.15, -0.1) is 0 Å². The van der Waals surface area contributed by atoms with E-state index in [-0.39, 0.29) is 17.1 Å². The highest BCUT2D eigenvalue weighted by atomic mass is 19.2. The average molecular weight is 382 g/mol. The zero-order chi connectivity index (χ0) is 19.8. The van der Waals surface area contributed by atoms with Crippen molar-refractivity contribution in [2.24, 2.45) is 5.41 Å². The molecular formula is C19H24F2N2O4. The summed E-state index contributed by atoms with van der Waals surface area (Å²) in [5.74, 6) is -3.01. The van der Waals surface area contributed by atoms with Gasteiger partial charge in [0.25, 0.3) is 5.91 Å². The number of ether oxygens (including phenoxy) is 1. The first-order valence-corrected chi connectivity index (χ1v) is 9.01. The van der Waals surface area contributed by atoms with Crippen LogP contribution in [0.1, 0.15) is 36.5 Å². The van der Waals surface area contributed by atoms with Crippen LogP contribution in [0, 0.1) is 17.0 Å². The van der Waals surface area contributed by atoms with Crippen molar-refractivity contribution in [2.45, 2.75) is 32.3 Å². The van der Waals surface area contributed by atoms with Gasteiger partial charge >= 0.3 is 0 Å². The second-order valence-electron chi connectivity index (χ2n) is 7.49. The third-order valence-electron chi connectivity index (χ3n) is 5.67. The van der Waals surface area contributed by atoms with Crippen molar-refractivity contribution in [3.8, 4) is 5.75 Å². The molecule has 2 amide bonds. The number of carbonyl (C=O) groups excluding carboxylic acids is 2. The second-order valence-corrected chi connectivity index (χ2v) is 7.49. The molecule has 2 saturated heterocycles. The number of hydrogen-bond acceptors (Lipinski definition) is 4. The van der Waals surface area contributed by atoms with Crippen LogP contribution >= 0.6 is 0 Å². The van der Waals surface area contributed by atoms with Gasteiger partial charge in [0.2, 0.25) is 5.91 Å². The van der Waals surface area contributed by atoms with Gasteiger partial charge in [-0.1, -0.05) is 0 Å². The lowest BCUT2D eigenvalue weighted by molar-refractivity contribution is -0.137. The third-order valence-corrected chi connectivity index (χ3v) is 5.67. The van der Waals surface area contributed by atoms with Crippen molar-refractivity contribution in [1.82, 2.24) is 9.80 Å². The van der Waals surface area contributed by atoms with Crippen LogP contribution in [0.4, 0.5) is 8.78 Å². The normalized spacial score (nSPS) is 22.0. The number of aliphatic hydroxyl groups excluding tert-OH is 1. The Morgan fingerprint density at radius 3 is 2.48 bits per heavy atom. The molecule has 1 spiro atoms. The number of rotatable bonds is 2. The van der Waals surface area contributed by atoms with Gasteiger partial charge in [0.05, 0.1) is 13.2 Å². The first-order chi connectivity index (χ1) is 12.8. The highest BCUT2D eigenvalue weighted by molar-refractivity contribution is 5.97. The van der Waals surface area contributed by atoms with E-state index in [4.69, 9.17) is 4.74 Å². The Morgan fingerprint density at radius 2 is 1.89 bits per heavy atom. The highest BCUT2D eigenvalue weighted by Gasteiger charge is 2.43. The molecule has 148 valence electrons. The summed E-state index contributed by atoms with van der Waals surface area (Å²) in [6, 6.07) is 2.16. The molecule has 2 aliphatic rings. The molecule has 2 aliphatic heterocycles. The average Bonchev–Trinajstić information content (AvgIpc) is 2.63. The molecule has 0 saturated carbocycles. The maximum Gasteiger partial charge on any atom is 0.260 e. The Kier molecular flexibility index (Phi) is 5.37. The minimum Gasteiger partial charge on any atom is -0.496 e. The number of β-amino-alcohol motifs (C(OH)–C–C–N with tert-alkyl or cyclic N) is 1. The maximum absolute atomic E-state index is 14.2. The fourth-order valence-electron chi connectivity index (χ4n) is 4.20. The molecular weight excluding hydrogens is 358 g/mol. The highest BCUT2D eigenvalue weighted by Crippen LogP contribution is 2.40. The van der Waals surface area contributed by atoms with Crippen molar-refractivity contribution >= 4 is 11.8 Å². The third kappa shape index (κ3) is 3.76. The molecule has 1 aromatic rings. The molecule has 0 bridgehead atoms. The Bertz CT molecular complexity index is 747. The van der Waals surface area contributed by atoms with E-state index in [0.717, 1.165) is 6.07 Å². The fourth-order valence-corrected chi connectivity index (χ4v) is 4.20. The molecule has 1 atom stereocenters. The van der Waals surface area contributed by atoms with Crippen molar-refractivity contribution < 1.29 is 28.2 Å². The van der Waals surface area contributed by atoms with Gasteiger partial charge < -0.3 is 19.6 Å². The van der Waals surface area contributed by atoms with Crippen LogP contribution in [0.5, 0.6) is 5.75 Å². The zero-order valence-electron chi connectivity index (χ0n) is 15.5. The molecule has 0 radical (unpaired) electrons. The van der Waals surface area contributed by atoms with E-state index in [2.05, 4.69) is 0 Å². The first-order valence-electron chi connectivity index (χ1n) is 9.01. The predicted molar refractivity (Wildman–Crippen MR) is 93.4 cm³/mol. The van der Waals surface area contributed by atoms with E-state index in [0.29, 0.717) is 45.4 Å². The van der Waals surface area contributed by atoms with Crippen molar-refractivity contribution in [3.05, 3.63) is 29.3 Å². The van der Waals surface area contributed by atoms with Gasteiger partial charge in [-0.2, -0.15) is 0 Å². The van der Waals surface area contributed by atoms with Crippen LogP contribution in [-0.2, 0) is 4.79 Å². The van der Waals surface area contributed by atoms with Crippen LogP contribution in [0.3, 0.4) is 0 Å². The number of carbonyl (C=O) groups is 2. The van der Waals surface area contributed by atoms with E-state index in [1.165, 1.54) is 25.0 Å². The van der Waals surface area contributed by atoms with Crippen LogP contribution in [0.15, 0.2) is 12.1 Å². The number of piperidine rings is 2. The molecule has 27 heavy (non-hydrogen) atoms. The summed E-state index contributed by atoms with van der Waals surface area (Å²) in [6.45, 7) is 3.03. The molecule has 1 N–H and O–H groups in total. The summed E-state index contributed by atoms with van der Waals surface area (Å²) >= 11 is 0. The van der Waals surface area contributed by atoms with Gasteiger partial charge in [0, 0.05) is 33.1 Å². The summed E-state index contributed by atoms with van der Waals surface area (Å²) in [5.41, 5.74) is -0.660. The molecule has 0 aromatic heterocycles. The van der Waals surface area contributed by atoms with E-state index in [9.17, 15) is 23.5 Å². The van der Waals surface area contributed by atoms with Crippen molar-refractivity contribution in [1.29, 1.82) is 0 Å². The minimum absolute atomic E-state index is 0.00460. The van der Waals surface area contributed by atoms with Gasteiger partial charge in [-0.05, 0) is 36.8 Å². The number of benzene rings is 1. The van der Waals surface area contributed by atoms with E-state index in [1.807, 2.05) is 0 Å². The number of methoxy groups -OCH3 is 1. The summed E-state index contributed by atoms with van der Waals surface area (Å²) in [4.78, 5) is 27.6. The molecule has 1 aromatic carbocycles. The summed E-state index contributed by atoms with van der Waals surface area (Å²) in [6.07, 6.45) is 1.14. The largest absolute Gasteiger partial charge is 0.496 e. The van der Waals surface area contributed by atoms with Crippen LogP contribution < -0.4 is 4.74 Å². The zero-order valence-corrected chi connectivity index (χ0v) is 15.5. The molecule has 3 rings (SSSR count). The summed E-state index contributed by atoms with van der Waals surface area (Å²) < 4.78 is 32.8. The number of amides is 2. The monoisotopic (exact) mass is 382 g/mol. The SMILES string of the molecule is COc1ccc(F)c(F)c1C(=O)N1CCC2(CC1)CC(O)CN(C(C)=O)C2. The molecule has 2 fully saturated rings. The summed E-state index contributed by atoms with van der Waals surface area (Å²) in [7, 11) is 1.30. The van der Waals surface area contributed by atoms with Crippen LogP contribution in [0.25, 0.3) is 0 Å². The van der Waals surface area contributed by atoms with Crippen LogP contribution in [-0.4, -0.2) is 66.1 Å². The molecule has 6 nitrogen and oxygen atoms in total. The molecule has 0 aliphatic carbocycles. The van der Waals surface area contributed by atoms with E-state index < -0.39 is 29.2 Å². The van der Waals surface area contributed by atoms with Crippen molar-refractivity contribution in [2.75, 3.05) is 33.3 Å². The lowest BCUT2D eigenvalue weighted by Gasteiger charge is -2.49. The fraction of sp³-hybridized carbons (Fsp3) is 0.579. The summed E-state index contributed by atoms with van der Waals surface area (Å²) in [5, 5.41) is 10.2. The molecule has 8 heteroatoms. The Labute approximate surface area is 156 Å². The Hall–Kier alpha value is -2.22. The quantitative estimate of drug-likeness (QED) is 0.847. The number of nitrogens with zero attached hydrogens (tertiary/aromatic N) is 2. The number of likely N-dealkylation sites (tertiary alicyclic amines) is 2. The maximum atomic E-state index is 14.2. The predicted octanol–water partition coefficient (Wildman–Crippen LogP) is 1.81. The lowest BCUT2D eigenvalue weighted by atomic mass is 9.71. The topological polar surface area (TPSA) is 70.1 Å². The Balaban J connectivity index is 1.75. The van der Waals surface area contributed by atoms with Gasteiger partial charge in [-0.25, -0.2) is 8.78 Å². The molecule has 2 heterocycles. The number of aliphatic hydroxyl groups is 1. The van der Waals surface area contributed by atoms with Crippen LogP contribution in [0.2, 0.25) is 0 Å². The second kappa shape index (κ2) is 7.42.